The maximum atomic E-state index is 12.6. The lowest BCUT2D eigenvalue weighted by Crippen LogP contribution is -2.49. The van der Waals surface area contributed by atoms with Gasteiger partial charge in [-0.05, 0) is 42.9 Å². The molecule has 0 aromatic carbocycles. The third kappa shape index (κ3) is 5.26. The molecule has 0 heterocycles. The van der Waals surface area contributed by atoms with Crippen molar-refractivity contribution in [3.8, 4) is 0 Å². The monoisotopic (exact) mass is 397 g/mol. The minimum absolute atomic E-state index is 0.103. The van der Waals surface area contributed by atoms with Gasteiger partial charge in [0.2, 0.25) is 5.91 Å². The molecule has 2 bridgehead atoms. The summed E-state index contributed by atoms with van der Waals surface area (Å²) in [7, 11) is 3.94. The van der Waals surface area contributed by atoms with Crippen LogP contribution in [0.5, 0.6) is 0 Å². The highest BCUT2D eigenvalue weighted by Crippen LogP contribution is 2.65. The maximum absolute atomic E-state index is 12.6. The zero-order chi connectivity index (χ0) is 21.0. The fourth-order valence-electron chi connectivity index (χ4n) is 5.06. The molecular weight excluding hydrogens is 356 g/mol. The number of carbonyl (C=O) groups excluding carboxylic acids is 2. The molecule has 3 atom stereocenters. The quantitative estimate of drug-likeness (QED) is 0.331. The van der Waals surface area contributed by atoms with Gasteiger partial charge < -0.3 is 19.3 Å². The van der Waals surface area contributed by atoms with Gasteiger partial charge in [-0.3, -0.25) is 4.79 Å². The standard InChI is InChI=1S/C22H40N2O4/c1-7-27-13-8-14-28-20(26)16-24(5,6)12-10-19(25)23-18-15-17-9-11-22(18,4)21(17,2)3/h17-18H,7-16H2,1-6H3/p+1. The van der Waals surface area contributed by atoms with Gasteiger partial charge in [-0.25, -0.2) is 4.79 Å². The van der Waals surface area contributed by atoms with Crippen molar-refractivity contribution in [1.29, 1.82) is 0 Å². The summed E-state index contributed by atoms with van der Waals surface area (Å²) in [6.07, 6.45) is 4.73. The highest BCUT2D eigenvalue weighted by Gasteiger charge is 2.61. The van der Waals surface area contributed by atoms with Crippen molar-refractivity contribution >= 4 is 11.9 Å². The van der Waals surface area contributed by atoms with E-state index in [-0.39, 0.29) is 29.9 Å². The summed E-state index contributed by atoms with van der Waals surface area (Å²) in [5, 5.41) is 3.31. The lowest BCUT2D eigenvalue weighted by molar-refractivity contribution is -0.882. The normalized spacial score (nSPS) is 28.4. The molecule has 28 heavy (non-hydrogen) atoms. The Hall–Kier alpha value is -1.14. The van der Waals surface area contributed by atoms with Crippen molar-refractivity contribution in [3.63, 3.8) is 0 Å². The maximum Gasteiger partial charge on any atom is 0.361 e. The predicted octanol–water partition coefficient (Wildman–Crippen LogP) is 2.75. The fourth-order valence-corrected chi connectivity index (χ4v) is 5.06. The van der Waals surface area contributed by atoms with E-state index < -0.39 is 0 Å². The highest BCUT2D eigenvalue weighted by atomic mass is 16.5. The SMILES string of the molecule is CCOCCCOC(=O)C[N+](C)(C)CCC(=O)NC1CC2CCC1(C)C2(C)C. The van der Waals surface area contributed by atoms with E-state index in [1.807, 2.05) is 21.0 Å². The number of amides is 1. The number of nitrogens with one attached hydrogen (secondary N) is 1. The lowest BCUT2D eigenvalue weighted by Gasteiger charge is -2.39. The van der Waals surface area contributed by atoms with Gasteiger partial charge in [-0.1, -0.05) is 20.8 Å². The van der Waals surface area contributed by atoms with Crippen LogP contribution in [-0.2, 0) is 19.1 Å². The Morgan fingerprint density at radius 3 is 2.46 bits per heavy atom. The first-order valence-electron chi connectivity index (χ1n) is 10.9. The van der Waals surface area contributed by atoms with Crippen molar-refractivity contribution in [1.82, 2.24) is 5.32 Å². The number of esters is 1. The number of hydrogen-bond donors (Lipinski definition) is 1. The molecule has 6 nitrogen and oxygen atoms in total. The molecule has 2 aliphatic rings. The number of carbonyl (C=O) groups is 2. The summed E-state index contributed by atoms with van der Waals surface area (Å²) < 4.78 is 11.0. The van der Waals surface area contributed by atoms with Crippen LogP contribution >= 0.6 is 0 Å². The zero-order valence-corrected chi connectivity index (χ0v) is 18.8. The number of hydrogen-bond acceptors (Lipinski definition) is 4. The number of nitrogens with zero attached hydrogens (tertiary/aromatic N) is 1. The van der Waals surface area contributed by atoms with Gasteiger partial charge in [-0.15, -0.1) is 0 Å². The van der Waals surface area contributed by atoms with Crippen LogP contribution in [-0.4, -0.2) is 69.4 Å². The first-order chi connectivity index (χ1) is 13.0. The van der Waals surface area contributed by atoms with E-state index in [0.717, 1.165) is 6.42 Å². The molecule has 0 aromatic rings. The molecule has 1 amide bonds. The Morgan fingerprint density at radius 2 is 1.89 bits per heavy atom. The molecule has 2 saturated carbocycles. The minimum Gasteiger partial charge on any atom is -0.461 e. The van der Waals surface area contributed by atoms with Crippen LogP contribution in [0.15, 0.2) is 0 Å². The molecule has 1 N–H and O–H groups in total. The van der Waals surface area contributed by atoms with Gasteiger partial charge in [0.25, 0.3) is 0 Å². The number of ether oxygens (including phenoxy) is 2. The molecule has 0 saturated heterocycles. The van der Waals surface area contributed by atoms with Gasteiger partial charge >= 0.3 is 5.97 Å². The van der Waals surface area contributed by atoms with Crippen LogP contribution in [0.2, 0.25) is 0 Å². The number of quaternary nitrogens is 1. The van der Waals surface area contributed by atoms with E-state index in [1.54, 1.807) is 0 Å². The predicted molar refractivity (Wildman–Crippen MR) is 110 cm³/mol. The number of rotatable bonds is 11. The highest BCUT2D eigenvalue weighted by molar-refractivity contribution is 5.76. The summed E-state index contributed by atoms with van der Waals surface area (Å²) in [4.78, 5) is 24.6. The van der Waals surface area contributed by atoms with Crippen LogP contribution in [0.1, 0.15) is 59.8 Å². The first kappa shape index (κ1) is 23.1. The van der Waals surface area contributed by atoms with E-state index >= 15 is 0 Å². The van der Waals surface area contributed by atoms with Gasteiger partial charge in [0.15, 0.2) is 6.54 Å². The van der Waals surface area contributed by atoms with E-state index in [2.05, 4.69) is 26.1 Å². The molecule has 2 rings (SSSR count). The molecule has 162 valence electrons. The topological polar surface area (TPSA) is 64.6 Å². The smallest absolute Gasteiger partial charge is 0.361 e. The van der Waals surface area contributed by atoms with Crippen LogP contribution < -0.4 is 5.32 Å². The zero-order valence-electron chi connectivity index (χ0n) is 18.8. The van der Waals surface area contributed by atoms with Crippen LogP contribution in [0, 0.1) is 16.7 Å². The second-order valence-corrected chi connectivity index (χ2v) is 10.1. The molecular formula is C22H41N2O4+. The molecule has 0 aromatic heterocycles. The second-order valence-electron chi connectivity index (χ2n) is 10.1. The Balaban J connectivity index is 1.71. The Labute approximate surface area is 170 Å². The average Bonchev–Trinajstić information content (AvgIpc) is 2.93. The third-order valence-electron chi connectivity index (χ3n) is 7.53. The first-order valence-corrected chi connectivity index (χ1v) is 10.9. The summed E-state index contributed by atoms with van der Waals surface area (Å²) in [5.74, 6) is 0.600. The van der Waals surface area contributed by atoms with Gasteiger partial charge in [0.05, 0.1) is 33.7 Å². The van der Waals surface area contributed by atoms with Crippen molar-refractivity contribution in [2.45, 2.75) is 65.8 Å². The van der Waals surface area contributed by atoms with E-state index in [1.165, 1.54) is 12.8 Å². The van der Waals surface area contributed by atoms with Crippen LogP contribution in [0.25, 0.3) is 0 Å². The molecule has 0 radical (unpaired) electrons. The summed E-state index contributed by atoms with van der Waals surface area (Å²) >= 11 is 0. The van der Waals surface area contributed by atoms with Crippen molar-refractivity contribution in [2.24, 2.45) is 16.7 Å². The molecule has 2 aliphatic carbocycles. The molecule has 0 spiro atoms. The van der Waals surface area contributed by atoms with Crippen LogP contribution in [0.4, 0.5) is 0 Å². The number of likely N-dealkylation sites (N-methyl/N-ethyl adjacent to an activating group) is 1. The van der Waals surface area contributed by atoms with Gasteiger partial charge in [0, 0.05) is 25.7 Å². The average molecular weight is 398 g/mol. The van der Waals surface area contributed by atoms with Gasteiger partial charge in [0.1, 0.15) is 0 Å². The Bertz CT molecular complexity index is 561. The lowest BCUT2D eigenvalue weighted by atomic mass is 9.69. The molecule has 0 aliphatic heterocycles. The van der Waals surface area contributed by atoms with E-state index in [9.17, 15) is 9.59 Å². The summed E-state index contributed by atoms with van der Waals surface area (Å²) in [5.41, 5.74) is 0.495. The van der Waals surface area contributed by atoms with Gasteiger partial charge in [-0.2, -0.15) is 0 Å². The molecule has 3 unspecified atom stereocenters. The third-order valence-corrected chi connectivity index (χ3v) is 7.53. The fraction of sp³-hybridized carbons (Fsp3) is 0.909. The Morgan fingerprint density at radius 1 is 1.18 bits per heavy atom. The van der Waals surface area contributed by atoms with Crippen molar-refractivity contribution in [3.05, 3.63) is 0 Å². The largest absolute Gasteiger partial charge is 0.461 e. The summed E-state index contributed by atoms with van der Waals surface area (Å²) in [6.45, 7) is 11.6. The Kier molecular flexibility index (Phi) is 7.54. The van der Waals surface area contributed by atoms with Crippen LogP contribution in [0.3, 0.4) is 0 Å². The van der Waals surface area contributed by atoms with Crippen molar-refractivity contribution < 1.29 is 23.5 Å². The van der Waals surface area contributed by atoms with E-state index in [0.29, 0.717) is 55.0 Å². The summed E-state index contributed by atoms with van der Waals surface area (Å²) in [6, 6.07) is 0.277. The number of fused-ring (bicyclic) bond motifs is 2. The molecule has 2 fully saturated rings. The van der Waals surface area contributed by atoms with E-state index in [4.69, 9.17) is 9.47 Å². The molecule has 6 heteroatoms. The van der Waals surface area contributed by atoms with Crippen molar-refractivity contribution in [2.75, 3.05) is 47.0 Å². The minimum atomic E-state index is -0.218. The second kappa shape index (κ2) is 9.12.